The normalized spacial score (nSPS) is 22.2. The molecule has 188 valence electrons. The predicted molar refractivity (Wildman–Crippen MR) is 130 cm³/mol. The summed E-state index contributed by atoms with van der Waals surface area (Å²) in [7, 11) is 1.67. The van der Waals surface area contributed by atoms with Crippen LogP contribution in [0.4, 0.5) is 10.3 Å². The van der Waals surface area contributed by atoms with Gasteiger partial charge in [-0.2, -0.15) is 0 Å². The summed E-state index contributed by atoms with van der Waals surface area (Å²) in [6, 6.07) is 5.10. The second kappa shape index (κ2) is 11.0. The highest BCUT2D eigenvalue weighted by Gasteiger charge is 2.43. The lowest BCUT2D eigenvalue weighted by Gasteiger charge is -2.32. The van der Waals surface area contributed by atoms with Gasteiger partial charge in [-0.3, -0.25) is 4.79 Å². The summed E-state index contributed by atoms with van der Waals surface area (Å²) in [6.45, 7) is 5.11. The quantitative estimate of drug-likeness (QED) is 0.516. The van der Waals surface area contributed by atoms with E-state index in [9.17, 15) is 9.18 Å². The maximum atomic E-state index is 14.5. The van der Waals surface area contributed by atoms with E-state index in [0.29, 0.717) is 36.5 Å². The molecular formula is C27H35FN4O3. The number of hydrogen-bond acceptors (Lipinski definition) is 6. The Kier molecular flexibility index (Phi) is 7.58. The average Bonchev–Trinajstić information content (AvgIpc) is 3.60. The van der Waals surface area contributed by atoms with E-state index in [-0.39, 0.29) is 24.8 Å². The number of nitrogens with zero attached hydrogens (tertiary/aromatic N) is 4. The van der Waals surface area contributed by atoms with Gasteiger partial charge in [0.1, 0.15) is 5.82 Å². The summed E-state index contributed by atoms with van der Waals surface area (Å²) in [6.07, 6.45) is 8.52. The molecule has 8 heteroatoms. The molecule has 5 rings (SSSR count). The molecule has 35 heavy (non-hydrogen) atoms. The molecule has 3 heterocycles. The number of amides is 1. The molecule has 1 amide bonds. The molecule has 1 aromatic heterocycles. The first-order chi connectivity index (χ1) is 17.1. The Balaban J connectivity index is 1.01. The first-order valence-electron chi connectivity index (χ1n) is 12.8. The zero-order valence-electron chi connectivity index (χ0n) is 20.5. The number of rotatable bonds is 10. The van der Waals surface area contributed by atoms with Crippen LogP contribution in [0.15, 0.2) is 30.6 Å². The Bertz CT molecular complexity index is 1010. The lowest BCUT2D eigenvalue weighted by atomic mass is 9.91. The molecule has 0 N–H and O–H groups in total. The maximum absolute atomic E-state index is 14.5. The third kappa shape index (κ3) is 5.98. The predicted octanol–water partition coefficient (Wildman–Crippen LogP) is 3.61. The molecule has 7 nitrogen and oxygen atoms in total. The Morgan fingerprint density at radius 3 is 2.51 bits per heavy atom. The number of ether oxygens (including phenoxy) is 2. The van der Waals surface area contributed by atoms with Crippen molar-refractivity contribution in [2.24, 2.45) is 17.8 Å². The fraction of sp³-hybridized carbons (Fsp3) is 0.593. The Hall–Kier alpha value is -2.58. The number of methoxy groups -OCH3 is 1. The maximum Gasteiger partial charge on any atom is 0.226 e. The standard InChI is InChI=1S/C27H35FN4O3/c1-34-16-20-14-29-27(30-15-20)32-9-5-21(6-10-32)24-13-23(24)18-35-17-22-4-3-19(11-25(22)28)12-26(33)31-7-2-8-31/h3-4,11,14-15,21,23-24H,2,5-10,12-13,16-18H2,1H3. The first-order valence-corrected chi connectivity index (χ1v) is 12.8. The van der Waals surface area contributed by atoms with Gasteiger partial charge in [0, 0.05) is 56.8 Å². The third-order valence-corrected chi connectivity index (χ3v) is 7.68. The van der Waals surface area contributed by atoms with Crippen LogP contribution in [0.2, 0.25) is 0 Å². The van der Waals surface area contributed by atoms with Crippen molar-refractivity contribution in [3.05, 3.63) is 53.1 Å². The minimum atomic E-state index is -0.281. The van der Waals surface area contributed by atoms with Gasteiger partial charge in [0.15, 0.2) is 0 Å². The summed E-state index contributed by atoms with van der Waals surface area (Å²) < 4.78 is 25.5. The number of likely N-dealkylation sites (tertiary alicyclic amines) is 1. The smallest absolute Gasteiger partial charge is 0.226 e. The molecule has 2 unspecified atom stereocenters. The number of carbonyl (C=O) groups is 1. The van der Waals surface area contributed by atoms with Crippen LogP contribution in [-0.4, -0.2) is 60.7 Å². The topological polar surface area (TPSA) is 67.8 Å². The van der Waals surface area contributed by atoms with Crippen molar-refractivity contribution < 1.29 is 18.7 Å². The molecule has 1 aromatic carbocycles. The van der Waals surface area contributed by atoms with Crippen LogP contribution in [0, 0.1) is 23.6 Å². The van der Waals surface area contributed by atoms with Gasteiger partial charge in [0.2, 0.25) is 11.9 Å². The molecule has 0 spiro atoms. The largest absolute Gasteiger partial charge is 0.380 e. The number of aromatic nitrogens is 2. The van der Waals surface area contributed by atoms with Crippen molar-refractivity contribution >= 4 is 11.9 Å². The Morgan fingerprint density at radius 1 is 1.09 bits per heavy atom. The summed E-state index contributed by atoms with van der Waals surface area (Å²) >= 11 is 0. The summed E-state index contributed by atoms with van der Waals surface area (Å²) in [5.41, 5.74) is 2.28. The summed E-state index contributed by atoms with van der Waals surface area (Å²) in [4.78, 5) is 25.2. The van der Waals surface area contributed by atoms with Gasteiger partial charge in [-0.25, -0.2) is 14.4 Å². The molecule has 2 aromatic rings. The minimum Gasteiger partial charge on any atom is -0.380 e. The van der Waals surface area contributed by atoms with Crippen LogP contribution in [0.3, 0.4) is 0 Å². The van der Waals surface area contributed by atoms with E-state index in [4.69, 9.17) is 9.47 Å². The zero-order valence-corrected chi connectivity index (χ0v) is 20.5. The van der Waals surface area contributed by atoms with E-state index in [1.807, 2.05) is 23.4 Å². The number of benzene rings is 1. The molecule has 2 atom stereocenters. The van der Waals surface area contributed by atoms with Crippen molar-refractivity contribution in [3.63, 3.8) is 0 Å². The van der Waals surface area contributed by atoms with Gasteiger partial charge in [0.05, 0.1) is 26.2 Å². The average molecular weight is 483 g/mol. The molecule has 3 fully saturated rings. The van der Waals surface area contributed by atoms with Crippen molar-refractivity contribution in [1.82, 2.24) is 14.9 Å². The van der Waals surface area contributed by atoms with Gasteiger partial charge in [-0.1, -0.05) is 12.1 Å². The van der Waals surface area contributed by atoms with Gasteiger partial charge < -0.3 is 19.3 Å². The van der Waals surface area contributed by atoms with Crippen LogP contribution in [0.1, 0.15) is 42.4 Å². The minimum absolute atomic E-state index is 0.0813. The molecule has 3 aliphatic rings. The molecular weight excluding hydrogens is 447 g/mol. The van der Waals surface area contributed by atoms with Gasteiger partial charge in [-0.15, -0.1) is 0 Å². The van der Waals surface area contributed by atoms with Gasteiger partial charge in [0.25, 0.3) is 0 Å². The van der Waals surface area contributed by atoms with E-state index < -0.39 is 0 Å². The number of piperidine rings is 1. The molecule has 0 radical (unpaired) electrons. The van der Waals surface area contributed by atoms with Crippen LogP contribution < -0.4 is 4.90 Å². The number of carbonyl (C=O) groups excluding carboxylic acids is 1. The van der Waals surface area contributed by atoms with Crippen molar-refractivity contribution in [3.8, 4) is 0 Å². The number of halogens is 1. The highest BCUT2D eigenvalue weighted by atomic mass is 19.1. The van der Waals surface area contributed by atoms with Crippen molar-refractivity contribution in [2.45, 2.75) is 45.3 Å². The second-order valence-corrected chi connectivity index (χ2v) is 10.2. The number of hydrogen-bond donors (Lipinski definition) is 0. The van der Waals surface area contributed by atoms with E-state index in [1.165, 1.54) is 12.5 Å². The van der Waals surface area contributed by atoms with Gasteiger partial charge in [-0.05, 0) is 55.1 Å². The van der Waals surface area contributed by atoms with Crippen molar-refractivity contribution in [1.29, 1.82) is 0 Å². The molecule has 2 aliphatic heterocycles. The first kappa shape index (κ1) is 24.1. The SMILES string of the molecule is COCc1cnc(N2CCC(C3CC3COCc3ccc(CC(=O)N4CCC4)cc3F)CC2)nc1. The van der Waals surface area contributed by atoms with E-state index in [2.05, 4.69) is 14.9 Å². The third-order valence-electron chi connectivity index (χ3n) is 7.68. The molecule has 0 bridgehead atoms. The van der Waals surface area contributed by atoms with Crippen LogP contribution in [0.25, 0.3) is 0 Å². The zero-order chi connectivity index (χ0) is 24.2. The molecule has 2 saturated heterocycles. The second-order valence-electron chi connectivity index (χ2n) is 10.2. The van der Waals surface area contributed by atoms with Crippen LogP contribution in [0.5, 0.6) is 0 Å². The molecule has 1 saturated carbocycles. The lowest BCUT2D eigenvalue weighted by Crippen LogP contribution is -2.42. The van der Waals surface area contributed by atoms with Crippen LogP contribution >= 0.6 is 0 Å². The van der Waals surface area contributed by atoms with Gasteiger partial charge >= 0.3 is 0 Å². The highest BCUT2D eigenvalue weighted by molar-refractivity contribution is 5.79. The van der Waals surface area contributed by atoms with E-state index in [0.717, 1.165) is 62.5 Å². The fourth-order valence-electron chi connectivity index (χ4n) is 5.31. The highest BCUT2D eigenvalue weighted by Crippen LogP contribution is 2.48. The summed E-state index contributed by atoms with van der Waals surface area (Å²) in [5, 5.41) is 0. The number of anilines is 1. The van der Waals surface area contributed by atoms with E-state index in [1.54, 1.807) is 13.2 Å². The van der Waals surface area contributed by atoms with Crippen LogP contribution in [-0.2, 0) is 33.9 Å². The Morgan fingerprint density at radius 2 is 1.86 bits per heavy atom. The monoisotopic (exact) mass is 482 g/mol. The summed E-state index contributed by atoms with van der Waals surface area (Å²) in [5.74, 6) is 2.60. The Labute approximate surface area is 206 Å². The van der Waals surface area contributed by atoms with Crippen molar-refractivity contribution in [2.75, 3.05) is 44.8 Å². The lowest BCUT2D eigenvalue weighted by molar-refractivity contribution is -0.133. The molecule has 1 aliphatic carbocycles. The fourth-order valence-corrected chi connectivity index (χ4v) is 5.31. The van der Waals surface area contributed by atoms with E-state index >= 15 is 0 Å².